The van der Waals surface area contributed by atoms with Gasteiger partial charge in [-0.25, -0.2) is 5.10 Å². The Kier molecular flexibility index (Phi) is 2.50. The maximum absolute atomic E-state index is 11.6. The number of fused-ring (bicyclic) bond motifs is 1. The van der Waals surface area contributed by atoms with E-state index in [1.54, 1.807) is 12.1 Å². The quantitative estimate of drug-likeness (QED) is 0.765. The molecule has 4 heteroatoms. The van der Waals surface area contributed by atoms with Crippen LogP contribution in [0.15, 0.2) is 23.0 Å². The molecular weight excluding hydrogens is 224 g/mol. The van der Waals surface area contributed by atoms with E-state index < -0.39 is 0 Å². The summed E-state index contributed by atoms with van der Waals surface area (Å²) in [4.78, 5) is 11.6. The molecule has 0 spiro atoms. The van der Waals surface area contributed by atoms with Gasteiger partial charge in [-0.3, -0.25) is 4.79 Å². The number of halogens is 1. The average Bonchev–Trinajstić information content (AvgIpc) is 2.17. The van der Waals surface area contributed by atoms with Crippen LogP contribution in [0, 0.1) is 0 Å². The highest BCUT2D eigenvalue weighted by molar-refractivity contribution is 6.31. The number of hydrogen-bond acceptors (Lipinski definition) is 2. The first-order valence-corrected chi connectivity index (χ1v) is 5.46. The predicted molar refractivity (Wildman–Crippen MR) is 66.1 cm³/mol. The van der Waals surface area contributed by atoms with Crippen LogP contribution in [-0.2, 0) is 5.41 Å². The molecule has 16 heavy (non-hydrogen) atoms. The number of aromatic amines is 1. The summed E-state index contributed by atoms with van der Waals surface area (Å²) < 4.78 is 0. The summed E-state index contributed by atoms with van der Waals surface area (Å²) in [6, 6.07) is 5.30. The Morgan fingerprint density at radius 1 is 1.25 bits per heavy atom. The van der Waals surface area contributed by atoms with Crippen molar-refractivity contribution in [1.29, 1.82) is 0 Å². The van der Waals surface area contributed by atoms with Crippen LogP contribution in [0.25, 0.3) is 10.8 Å². The highest BCUT2D eigenvalue weighted by Crippen LogP contribution is 2.27. The summed E-state index contributed by atoms with van der Waals surface area (Å²) >= 11 is 5.88. The van der Waals surface area contributed by atoms with E-state index in [0.29, 0.717) is 10.4 Å². The summed E-state index contributed by atoms with van der Waals surface area (Å²) in [5, 5.41) is 8.65. The van der Waals surface area contributed by atoms with E-state index in [4.69, 9.17) is 11.6 Å². The SMILES string of the molecule is CC(C)(C)c1n[nH]c(=O)c2cc(Cl)ccc12. The zero-order valence-corrected chi connectivity index (χ0v) is 10.2. The maximum Gasteiger partial charge on any atom is 0.272 e. The van der Waals surface area contributed by atoms with Crippen molar-refractivity contribution in [3.8, 4) is 0 Å². The lowest BCUT2D eigenvalue weighted by atomic mass is 9.89. The van der Waals surface area contributed by atoms with Crippen molar-refractivity contribution in [3.63, 3.8) is 0 Å². The molecule has 3 nitrogen and oxygen atoms in total. The third kappa shape index (κ3) is 1.83. The molecule has 84 valence electrons. The Hall–Kier alpha value is -1.35. The number of rotatable bonds is 0. The van der Waals surface area contributed by atoms with Gasteiger partial charge in [0, 0.05) is 15.8 Å². The van der Waals surface area contributed by atoms with Gasteiger partial charge in [-0.05, 0) is 12.1 Å². The second-order valence-electron chi connectivity index (χ2n) is 4.84. The number of H-pyrrole nitrogens is 1. The van der Waals surface area contributed by atoms with Gasteiger partial charge in [-0.15, -0.1) is 0 Å². The molecule has 0 atom stereocenters. The summed E-state index contributed by atoms with van der Waals surface area (Å²) in [7, 11) is 0. The second kappa shape index (κ2) is 3.59. The zero-order valence-electron chi connectivity index (χ0n) is 9.47. The predicted octanol–water partition coefficient (Wildman–Crippen LogP) is 2.87. The Labute approximate surface area is 98.4 Å². The van der Waals surface area contributed by atoms with Crippen LogP contribution in [-0.4, -0.2) is 10.2 Å². The van der Waals surface area contributed by atoms with Gasteiger partial charge in [-0.2, -0.15) is 5.10 Å². The molecule has 0 aliphatic heterocycles. The first-order valence-electron chi connectivity index (χ1n) is 5.08. The van der Waals surface area contributed by atoms with E-state index in [1.165, 1.54) is 0 Å². The minimum atomic E-state index is -0.203. The largest absolute Gasteiger partial charge is 0.272 e. The molecule has 1 N–H and O–H groups in total. The molecular formula is C12H13ClN2O. The standard InChI is InChI=1S/C12H13ClN2O/c1-12(2,3)10-8-5-4-7(13)6-9(8)11(16)15-14-10/h4-6H,1-3H3,(H,15,16). The van der Waals surface area contributed by atoms with Crippen LogP contribution in [0.5, 0.6) is 0 Å². The van der Waals surface area contributed by atoms with E-state index >= 15 is 0 Å². The van der Waals surface area contributed by atoms with E-state index in [-0.39, 0.29) is 11.0 Å². The molecule has 0 saturated carbocycles. The van der Waals surface area contributed by atoms with Gasteiger partial charge >= 0.3 is 0 Å². The lowest BCUT2D eigenvalue weighted by Crippen LogP contribution is -2.19. The fourth-order valence-corrected chi connectivity index (χ4v) is 1.88. The second-order valence-corrected chi connectivity index (χ2v) is 5.28. The van der Waals surface area contributed by atoms with E-state index in [0.717, 1.165) is 11.1 Å². The number of hydrogen-bond donors (Lipinski definition) is 1. The third-order valence-electron chi connectivity index (χ3n) is 2.46. The summed E-state index contributed by atoms with van der Waals surface area (Å²) in [5.41, 5.74) is 0.556. The minimum Gasteiger partial charge on any atom is -0.267 e. The van der Waals surface area contributed by atoms with Crippen LogP contribution in [0.2, 0.25) is 5.02 Å². The number of benzene rings is 1. The molecule has 0 radical (unpaired) electrons. The number of aromatic nitrogens is 2. The van der Waals surface area contributed by atoms with Crippen LogP contribution < -0.4 is 5.56 Å². The van der Waals surface area contributed by atoms with Crippen molar-refractivity contribution >= 4 is 22.4 Å². The molecule has 0 saturated heterocycles. The fraction of sp³-hybridized carbons (Fsp3) is 0.333. The van der Waals surface area contributed by atoms with Crippen LogP contribution in [0.3, 0.4) is 0 Å². The number of nitrogens with zero attached hydrogens (tertiary/aromatic N) is 1. The Morgan fingerprint density at radius 2 is 1.94 bits per heavy atom. The molecule has 2 rings (SSSR count). The van der Waals surface area contributed by atoms with Crippen LogP contribution in [0.4, 0.5) is 0 Å². The van der Waals surface area contributed by atoms with E-state index in [2.05, 4.69) is 31.0 Å². The molecule has 0 amide bonds. The lowest BCUT2D eigenvalue weighted by molar-refractivity contribution is 0.564. The molecule has 0 aliphatic rings. The molecule has 1 aromatic carbocycles. The van der Waals surface area contributed by atoms with Crippen LogP contribution >= 0.6 is 11.6 Å². The van der Waals surface area contributed by atoms with Crippen molar-refractivity contribution in [2.45, 2.75) is 26.2 Å². The van der Waals surface area contributed by atoms with Crippen molar-refractivity contribution in [2.75, 3.05) is 0 Å². The summed E-state index contributed by atoms with van der Waals surface area (Å²) in [6.07, 6.45) is 0. The molecule has 0 fully saturated rings. The first-order chi connectivity index (χ1) is 7.39. The van der Waals surface area contributed by atoms with Gasteiger partial charge in [0.1, 0.15) is 0 Å². The molecule has 0 aliphatic carbocycles. The minimum absolute atomic E-state index is 0.115. The average molecular weight is 237 g/mol. The van der Waals surface area contributed by atoms with Gasteiger partial charge in [-0.1, -0.05) is 38.4 Å². The third-order valence-corrected chi connectivity index (χ3v) is 2.70. The molecule has 1 aromatic heterocycles. The van der Waals surface area contributed by atoms with E-state index in [1.807, 2.05) is 6.07 Å². The van der Waals surface area contributed by atoms with Gasteiger partial charge < -0.3 is 0 Å². The smallest absolute Gasteiger partial charge is 0.267 e. The molecule has 0 bridgehead atoms. The Bertz CT molecular complexity index is 596. The van der Waals surface area contributed by atoms with Crippen molar-refractivity contribution in [1.82, 2.24) is 10.2 Å². The molecule has 2 aromatic rings. The fourth-order valence-electron chi connectivity index (χ4n) is 1.71. The van der Waals surface area contributed by atoms with Gasteiger partial charge in [0.25, 0.3) is 5.56 Å². The van der Waals surface area contributed by atoms with Gasteiger partial charge in [0.15, 0.2) is 0 Å². The highest BCUT2D eigenvalue weighted by Gasteiger charge is 2.19. The van der Waals surface area contributed by atoms with Crippen molar-refractivity contribution in [2.24, 2.45) is 0 Å². The van der Waals surface area contributed by atoms with Crippen molar-refractivity contribution in [3.05, 3.63) is 39.3 Å². The number of nitrogens with one attached hydrogen (secondary N) is 1. The molecule has 1 heterocycles. The normalized spacial score (nSPS) is 12.0. The molecule has 0 unspecified atom stereocenters. The first kappa shape index (κ1) is 11.1. The van der Waals surface area contributed by atoms with Gasteiger partial charge in [0.2, 0.25) is 0 Å². The maximum atomic E-state index is 11.6. The lowest BCUT2D eigenvalue weighted by Gasteiger charge is -2.18. The van der Waals surface area contributed by atoms with Crippen LogP contribution in [0.1, 0.15) is 26.5 Å². The Morgan fingerprint density at radius 3 is 2.56 bits per heavy atom. The monoisotopic (exact) mass is 236 g/mol. The Balaban J connectivity index is 2.90. The van der Waals surface area contributed by atoms with E-state index in [9.17, 15) is 4.79 Å². The summed E-state index contributed by atoms with van der Waals surface area (Å²) in [6.45, 7) is 6.17. The van der Waals surface area contributed by atoms with Crippen molar-refractivity contribution < 1.29 is 0 Å². The summed E-state index contributed by atoms with van der Waals surface area (Å²) in [5.74, 6) is 0. The van der Waals surface area contributed by atoms with Gasteiger partial charge in [0.05, 0.1) is 11.1 Å². The zero-order chi connectivity index (χ0) is 11.9. The highest BCUT2D eigenvalue weighted by atomic mass is 35.5. The topological polar surface area (TPSA) is 45.8 Å².